The Balaban J connectivity index is 1.45. The minimum Gasteiger partial charge on any atom is -0.455 e. The van der Waals surface area contributed by atoms with E-state index in [1.54, 1.807) is 0 Å². The molecule has 0 amide bonds. The second-order valence-corrected chi connectivity index (χ2v) is 15.9. The van der Waals surface area contributed by atoms with Gasteiger partial charge >= 0.3 is 11.9 Å². The summed E-state index contributed by atoms with van der Waals surface area (Å²) >= 11 is 0. The molecule has 9 heteroatoms. The summed E-state index contributed by atoms with van der Waals surface area (Å²) in [4.78, 5) is 42.0. The van der Waals surface area contributed by atoms with E-state index in [1.165, 1.54) is 0 Å². The van der Waals surface area contributed by atoms with Crippen LogP contribution in [0, 0.1) is 34.0 Å². The first-order valence-corrected chi connectivity index (χ1v) is 17.5. The molecule has 2 saturated carbocycles. The van der Waals surface area contributed by atoms with E-state index < -0.39 is 82.3 Å². The molecule has 9 nitrogen and oxygen atoms in total. The van der Waals surface area contributed by atoms with E-state index in [4.69, 9.17) is 19.9 Å². The van der Waals surface area contributed by atoms with Gasteiger partial charge in [0.15, 0.2) is 0 Å². The number of ketones is 1. The van der Waals surface area contributed by atoms with Crippen LogP contribution in [0.4, 0.5) is 0 Å². The zero-order valence-electron chi connectivity index (χ0n) is 29.6. The Morgan fingerprint density at radius 3 is 2.08 bits per heavy atom. The van der Waals surface area contributed by atoms with Gasteiger partial charge in [-0.15, -0.1) is 0 Å². The normalized spacial score (nSPS) is 37.2. The molecule has 2 aromatic rings. The van der Waals surface area contributed by atoms with Crippen molar-refractivity contribution in [1.29, 1.82) is 0 Å². The number of hydrogen-bond donors (Lipinski definition) is 3. The molecule has 3 fully saturated rings. The predicted octanol–water partition coefficient (Wildman–Crippen LogP) is 4.73. The molecule has 2 bridgehead atoms. The van der Waals surface area contributed by atoms with Crippen LogP contribution in [0.5, 0.6) is 0 Å². The van der Waals surface area contributed by atoms with E-state index in [9.17, 15) is 24.6 Å². The highest BCUT2D eigenvalue weighted by molar-refractivity contribution is 5.91. The third kappa shape index (κ3) is 5.22. The molecule has 1 aliphatic heterocycles. The predicted molar refractivity (Wildman–Crippen MR) is 183 cm³/mol. The lowest BCUT2D eigenvalue weighted by atomic mass is 9.40. The van der Waals surface area contributed by atoms with Crippen LogP contribution < -0.4 is 5.73 Å². The van der Waals surface area contributed by atoms with Gasteiger partial charge in [-0.2, -0.15) is 0 Å². The average Bonchev–Trinajstić information content (AvgIpc) is 3.07. The number of aliphatic hydroxyl groups excluding tert-OH is 1. The smallest absolute Gasteiger partial charge is 0.349 e. The SMILES string of the molecule is CC1=C2[C@@H](C)C(=O)[C@@]3(C)[C@H]([C@H](C)[C@](O)(C[C@@H]1OC(=O)[C@H](OC(=O)CN)C(c1ccccc1)c1ccccc1)C2(C)C)[C@]1(C)CO[C@@H]1C[C@@H]3O. The minimum atomic E-state index is -1.45. The number of aliphatic hydroxyl groups is 2. The molecule has 3 aliphatic carbocycles. The van der Waals surface area contributed by atoms with Crippen LogP contribution in [0.1, 0.15) is 78.4 Å². The second-order valence-electron chi connectivity index (χ2n) is 15.9. The number of ether oxygens (including phenoxy) is 3. The van der Waals surface area contributed by atoms with E-state index in [2.05, 4.69) is 6.92 Å². The van der Waals surface area contributed by atoms with Crippen LogP contribution in [-0.2, 0) is 28.6 Å². The van der Waals surface area contributed by atoms with Gasteiger partial charge in [0.2, 0.25) is 6.10 Å². The highest BCUT2D eigenvalue weighted by atomic mass is 16.6. The van der Waals surface area contributed by atoms with Crippen LogP contribution in [0.25, 0.3) is 0 Å². The molecule has 1 saturated heterocycles. The van der Waals surface area contributed by atoms with Crippen molar-refractivity contribution in [2.24, 2.45) is 39.7 Å². The van der Waals surface area contributed by atoms with Crippen molar-refractivity contribution in [3.8, 4) is 0 Å². The summed E-state index contributed by atoms with van der Waals surface area (Å²) in [5.74, 6) is -3.88. The fourth-order valence-corrected chi connectivity index (χ4v) is 10.6. The number of rotatable bonds is 7. The minimum absolute atomic E-state index is 0.0618. The molecule has 0 unspecified atom stereocenters. The van der Waals surface area contributed by atoms with Gasteiger partial charge in [0.05, 0.1) is 42.3 Å². The van der Waals surface area contributed by atoms with Crippen molar-refractivity contribution in [2.75, 3.05) is 13.2 Å². The molecule has 10 atom stereocenters. The number of benzene rings is 2. The molecule has 0 aromatic heterocycles. The van der Waals surface area contributed by atoms with Gasteiger partial charge in [0, 0.05) is 29.6 Å². The maximum absolute atomic E-state index is 14.8. The lowest BCUT2D eigenvalue weighted by molar-refractivity contribution is -0.301. The zero-order valence-corrected chi connectivity index (χ0v) is 29.6. The summed E-state index contributed by atoms with van der Waals surface area (Å²) in [6.45, 7) is 13.6. The van der Waals surface area contributed by atoms with E-state index in [0.717, 1.165) is 11.1 Å². The molecule has 6 rings (SSSR count). The number of carbonyl (C=O) groups excluding carboxylic acids is 3. The topological polar surface area (TPSA) is 145 Å². The monoisotopic (exact) mass is 673 g/mol. The first kappa shape index (κ1) is 35.5. The highest BCUT2D eigenvalue weighted by Crippen LogP contribution is 2.67. The van der Waals surface area contributed by atoms with E-state index in [-0.39, 0.29) is 18.3 Å². The molecule has 2 aromatic carbocycles. The summed E-state index contributed by atoms with van der Waals surface area (Å²) in [6, 6.07) is 18.6. The summed E-state index contributed by atoms with van der Waals surface area (Å²) in [6.07, 6.45) is -3.03. The first-order valence-electron chi connectivity index (χ1n) is 17.5. The van der Waals surface area contributed by atoms with Crippen molar-refractivity contribution in [3.63, 3.8) is 0 Å². The summed E-state index contributed by atoms with van der Waals surface area (Å²) in [5, 5.41) is 24.7. The number of fused-ring (bicyclic) bond motifs is 5. The van der Waals surface area contributed by atoms with Gasteiger partial charge in [0.25, 0.3) is 0 Å². The van der Waals surface area contributed by atoms with Crippen LogP contribution in [0.2, 0.25) is 0 Å². The van der Waals surface area contributed by atoms with Crippen LogP contribution in [-0.4, -0.2) is 71.1 Å². The lowest BCUT2D eigenvalue weighted by Crippen LogP contribution is -2.74. The highest BCUT2D eigenvalue weighted by Gasteiger charge is 2.72. The molecule has 0 spiro atoms. The van der Waals surface area contributed by atoms with Gasteiger partial charge in [0.1, 0.15) is 11.9 Å². The molecule has 0 radical (unpaired) electrons. The van der Waals surface area contributed by atoms with Crippen LogP contribution in [0.15, 0.2) is 71.8 Å². The standard InChI is InChI=1S/C40H51NO8/c1-22-27(48-36(45)33(49-30(43)20-41)31(25-14-10-8-11-15-25)26-16-12-9-13-17-26)19-40(46)24(3)34-38(6)21-47-29(38)18-28(42)39(34,7)35(44)23(2)32(22)37(40,4)5/h8-17,23-24,27-29,31,33-34,42,46H,18-21,41H2,1-7H3/t23-,24+,27+,28+,29-,33-,34-,38-,39-,40-/m1/s1. The van der Waals surface area contributed by atoms with Crippen molar-refractivity contribution in [2.45, 2.75) is 97.2 Å². The lowest BCUT2D eigenvalue weighted by Gasteiger charge is -2.68. The van der Waals surface area contributed by atoms with Crippen molar-refractivity contribution >= 4 is 17.7 Å². The van der Waals surface area contributed by atoms with Crippen LogP contribution in [0.3, 0.4) is 0 Å². The summed E-state index contributed by atoms with van der Waals surface area (Å²) < 4.78 is 18.1. The molecule has 4 aliphatic rings. The number of nitrogens with two attached hydrogens (primary N) is 1. The second kappa shape index (κ2) is 12.4. The van der Waals surface area contributed by atoms with E-state index in [1.807, 2.05) is 102 Å². The Labute approximate surface area is 289 Å². The fourth-order valence-electron chi connectivity index (χ4n) is 10.6. The zero-order chi connectivity index (χ0) is 35.7. The maximum Gasteiger partial charge on any atom is 0.349 e. The molecule has 49 heavy (non-hydrogen) atoms. The Morgan fingerprint density at radius 2 is 1.57 bits per heavy atom. The quantitative estimate of drug-likeness (QED) is 0.281. The summed E-state index contributed by atoms with van der Waals surface area (Å²) in [7, 11) is 0. The van der Waals surface area contributed by atoms with Gasteiger partial charge in [-0.1, -0.05) is 95.3 Å². The van der Waals surface area contributed by atoms with Gasteiger partial charge < -0.3 is 30.2 Å². The fraction of sp³-hybridized carbons (Fsp3) is 0.575. The third-order valence-electron chi connectivity index (χ3n) is 13.1. The van der Waals surface area contributed by atoms with Gasteiger partial charge in [-0.3, -0.25) is 9.59 Å². The van der Waals surface area contributed by atoms with Gasteiger partial charge in [-0.05, 0) is 48.0 Å². The van der Waals surface area contributed by atoms with Gasteiger partial charge in [-0.25, -0.2) is 4.79 Å². The van der Waals surface area contributed by atoms with E-state index >= 15 is 0 Å². The first-order chi connectivity index (χ1) is 23.0. The number of hydrogen-bond acceptors (Lipinski definition) is 9. The Hall–Kier alpha value is -3.37. The largest absolute Gasteiger partial charge is 0.455 e. The maximum atomic E-state index is 14.8. The molecular formula is C40H51NO8. The van der Waals surface area contributed by atoms with E-state index in [0.29, 0.717) is 24.2 Å². The molecule has 264 valence electrons. The Bertz CT molecular complexity index is 1600. The molecular weight excluding hydrogens is 622 g/mol. The summed E-state index contributed by atoms with van der Waals surface area (Å²) in [5.41, 5.74) is 4.68. The van der Waals surface area contributed by atoms with Crippen molar-refractivity contribution in [3.05, 3.63) is 82.9 Å². The van der Waals surface area contributed by atoms with Crippen molar-refractivity contribution < 1.29 is 38.8 Å². The Morgan fingerprint density at radius 1 is 1.00 bits per heavy atom. The van der Waals surface area contributed by atoms with Crippen LogP contribution >= 0.6 is 0 Å². The number of carbonyl (C=O) groups is 3. The number of Topliss-reactive ketones (excluding diaryl/α,β-unsaturated/α-hetero) is 1. The average molecular weight is 674 g/mol. The number of esters is 2. The third-order valence-corrected chi connectivity index (χ3v) is 13.1. The Kier molecular flexibility index (Phi) is 9.00. The molecule has 1 heterocycles. The molecule has 4 N–H and O–H groups in total. The van der Waals surface area contributed by atoms with Crippen molar-refractivity contribution in [1.82, 2.24) is 0 Å².